The monoisotopic (exact) mass is 285 g/mol. The Hall–Kier alpha value is -1.18. The minimum Gasteiger partial charge on any atom is -0.379 e. The fraction of sp³-hybridized carbons (Fsp3) is 0.846. The van der Waals surface area contributed by atoms with Crippen molar-refractivity contribution in [1.82, 2.24) is 9.80 Å². The zero-order chi connectivity index (χ0) is 14.8. The van der Waals surface area contributed by atoms with Crippen molar-refractivity contribution in [2.75, 3.05) is 53.1 Å². The Bertz CT molecular complexity index is 382. The van der Waals surface area contributed by atoms with E-state index in [1.54, 1.807) is 9.80 Å². The van der Waals surface area contributed by atoms with Crippen molar-refractivity contribution in [3.05, 3.63) is 0 Å². The fourth-order valence-corrected chi connectivity index (χ4v) is 2.64. The van der Waals surface area contributed by atoms with E-state index in [1.807, 2.05) is 6.92 Å². The van der Waals surface area contributed by atoms with Crippen LogP contribution in [-0.2, 0) is 19.1 Å². The highest BCUT2D eigenvalue weighted by molar-refractivity contribution is 5.84. The molecule has 2 unspecified atom stereocenters. The number of amides is 2. The normalized spacial score (nSPS) is 30.6. The van der Waals surface area contributed by atoms with Gasteiger partial charge in [-0.15, -0.1) is 0 Å². The van der Waals surface area contributed by atoms with Crippen molar-refractivity contribution >= 4 is 11.8 Å². The molecule has 114 valence electrons. The molecule has 0 aliphatic carbocycles. The highest BCUT2D eigenvalue weighted by atomic mass is 16.5. The minimum absolute atomic E-state index is 0.0290. The zero-order valence-electron chi connectivity index (χ0n) is 12.1. The molecule has 0 bridgehead atoms. The van der Waals surface area contributed by atoms with Crippen molar-refractivity contribution in [3.63, 3.8) is 0 Å². The second kappa shape index (κ2) is 6.07. The van der Waals surface area contributed by atoms with Crippen LogP contribution in [0.2, 0.25) is 0 Å². The summed E-state index contributed by atoms with van der Waals surface area (Å²) in [7, 11) is 1.50. The van der Waals surface area contributed by atoms with Crippen molar-refractivity contribution in [3.8, 4) is 0 Å². The van der Waals surface area contributed by atoms with Gasteiger partial charge >= 0.3 is 0 Å². The van der Waals surface area contributed by atoms with Gasteiger partial charge in [-0.25, -0.2) is 0 Å². The molecule has 7 nitrogen and oxygen atoms in total. The lowest BCUT2D eigenvalue weighted by atomic mass is 9.84. The largest absolute Gasteiger partial charge is 0.379 e. The van der Waals surface area contributed by atoms with Crippen LogP contribution in [0, 0.1) is 5.41 Å². The Kier molecular flexibility index (Phi) is 4.62. The van der Waals surface area contributed by atoms with Crippen molar-refractivity contribution in [2.45, 2.75) is 13.0 Å². The van der Waals surface area contributed by atoms with E-state index >= 15 is 0 Å². The van der Waals surface area contributed by atoms with Crippen molar-refractivity contribution in [1.29, 1.82) is 0 Å². The number of hydrogen-bond donors (Lipinski definition) is 1. The van der Waals surface area contributed by atoms with Gasteiger partial charge in [-0.05, 0) is 6.92 Å². The van der Waals surface area contributed by atoms with E-state index < -0.39 is 5.41 Å². The molecule has 2 heterocycles. The summed E-state index contributed by atoms with van der Waals surface area (Å²) in [5.41, 5.74) is 5.34. The predicted molar refractivity (Wildman–Crippen MR) is 71.9 cm³/mol. The quantitative estimate of drug-likeness (QED) is 0.694. The first kappa shape index (κ1) is 15.2. The van der Waals surface area contributed by atoms with Crippen LogP contribution >= 0.6 is 0 Å². The first-order valence-electron chi connectivity index (χ1n) is 6.88. The maximum absolute atomic E-state index is 12.6. The third kappa shape index (κ3) is 2.79. The molecule has 2 rings (SSSR count). The van der Waals surface area contributed by atoms with Crippen molar-refractivity contribution in [2.24, 2.45) is 11.1 Å². The third-order valence-corrected chi connectivity index (χ3v) is 4.19. The van der Waals surface area contributed by atoms with Gasteiger partial charge in [0.25, 0.3) is 0 Å². The van der Waals surface area contributed by atoms with E-state index in [0.717, 1.165) is 0 Å². The number of piperazine rings is 1. The second-order valence-corrected chi connectivity index (χ2v) is 5.65. The number of methoxy groups -OCH3 is 1. The Morgan fingerprint density at radius 1 is 1.30 bits per heavy atom. The summed E-state index contributed by atoms with van der Waals surface area (Å²) < 4.78 is 10.2. The molecular weight excluding hydrogens is 262 g/mol. The van der Waals surface area contributed by atoms with Crippen LogP contribution in [0.25, 0.3) is 0 Å². The molecule has 20 heavy (non-hydrogen) atoms. The van der Waals surface area contributed by atoms with Gasteiger partial charge in [-0.1, -0.05) is 0 Å². The average Bonchev–Trinajstić information content (AvgIpc) is 2.79. The van der Waals surface area contributed by atoms with Gasteiger partial charge in [0.2, 0.25) is 11.8 Å². The number of carbonyl (C=O) groups excluding carboxylic acids is 2. The number of rotatable bonds is 3. The molecule has 2 saturated heterocycles. The highest BCUT2D eigenvalue weighted by Gasteiger charge is 2.46. The molecule has 0 aromatic rings. The lowest BCUT2D eigenvalue weighted by Crippen LogP contribution is -2.57. The second-order valence-electron chi connectivity index (χ2n) is 5.65. The van der Waals surface area contributed by atoms with Crippen LogP contribution in [-0.4, -0.2) is 80.8 Å². The third-order valence-electron chi connectivity index (χ3n) is 4.19. The SMILES string of the molecule is COCC(=O)N1CCN(C(=O)C2(C)COCC2N)CC1. The number of nitrogens with two attached hydrogens (primary N) is 1. The first-order valence-corrected chi connectivity index (χ1v) is 6.88. The molecule has 2 aliphatic rings. The summed E-state index contributed by atoms with van der Waals surface area (Å²) in [5.74, 6) is -0.00643. The summed E-state index contributed by atoms with van der Waals surface area (Å²) in [5, 5.41) is 0. The standard InChI is InChI=1S/C13H23N3O4/c1-13(9-20-7-10(13)14)12(18)16-5-3-15(4-6-16)11(17)8-19-2/h10H,3-9,14H2,1-2H3. The maximum atomic E-state index is 12.6. The topological polar surface area (TPSA) is 85.1 Å². The smallest absolute Gasteiger partial charge is 0.248 e. The van der Waals surface area contributed by atoms with Crippen LogP contribution in [0.5, 0.6) is 0 Å². The zero-order valence-corrected chi connectivity index (χ0v) is 12.1. The molecule has 7 heteroatoms. The summed E-state index contributed by atoms with van der Waals surface area (Å²) in [4.78, 5) is 27.8. The van der Waals surface area contributed by atoms with Gasteiger partial charge in [0.05, 0.1) is 18.6 Å². The molecular formula is C13H23N3O4. The summed E-state index contributed by atoms with van der Waals surface area (Å²) in [6.45, 7) is 4.90. The molecule has 2 fully saturated rings. The van der Waals surface area contributed by atoms with E-state index in [0.29, 0.717) is 39.4 Å². The van der Waals surface area contributed by atoms with E-state index in [2.05, 4.69) is 0 Å². The van der Waals surface area contributed by atoms with Crippen molar-refractivity contribution < 1.29 is 19.1 Å². The van der Waals surface area contributed by atoms with Crippen LogP contribution in [0.4, 0.5) is 0 Å². The van der Waals surface area contributed by atoms with Crippen LogP contribution in [0.3, 0.4) is 0 Å². The Labute approximate surface area is 119 Å². The lowest BCUT2D eigenvalue weighted by molar-refractivity contribution is -0.147. The molecule has 2 N–H and O–H groups in total. The molecule has 0 saturated carbocycles. The molecule has 2 aliphatic heterocycles. The summed E-state index contributed by atoms with van der Waals surface area (Å²) >= 11 is 0. The van der Waals surface area contributed by atoms with E-state index in [9.17, 15) is 9.59 Å². The average molecular weight is 285 g/mol. The molecule has 0 aromatic carbocycles. The Morgan fingerprint density at radius 2 is 1.90 bits per heavy atom. The first-order chi connectivity index (χ1) is 9.49. The van der Waals surface area contributed by atoms with Crippen LogP contribution in [0.1, 0.15) is 6.92 Å². The molecule has 0 spiro atoms. The highest BCUT2D eigenvalue weighted by Crippen LogP contribution is 2.29. The minimum atomic E-state index is -0.640. The molecule has 0 aromatic heterocycles. The van der Waals surface area contributed by atoms with E-state index in [-0.39, 0.29) is 24.5 Å². The predicted octanol–water partition coefficient (Wildman–Crippen LogP) is -1.33. The van der Waals surface area contributed by atoms with E-state index in [4.69, 9.17) is 15.2 Å². The lowest BCUT2D eigenvalue weighted by Gasteiger charge is -2.39. The number of carbonyl (C=O) groups is 2. The Balaban J connectivity index is 1.90. The van der Waals surface area contributed by atoms with Gasteiger partial charge in [0.1, 0.15) is 6.61 Å². The summed E-state index contributed by atoms with van der Waals surface area (Å²) in [6, 6.07) is -0.261. The molecule has 2 amide bonds. The van der Waals surface area contributed by atoms with Crippen LogP contribution in [0.15, 0.2) is 0 Å². The maximum Gasteiger partial charge on any atom is 0.248 e. The Morgan fingerprint density at radius 3 is 2.40 bits per heavy atom. The van der Waals surface area contributed by atoms with Gasteiger partial charge in [-0.3, -0.25) is 9.59 Å². The van der Waals surface area contributed by atoms with Gasteiger partial charge < -0.3 is 25.0 Å². The van der Waals surface area contributed by atoms with Crippen LogP contribution < -0.4 is 5.73 Å². The fourth-order valence-electron chi connectivity index (χ4n) is 2.64. The summed E-state index contributed by atoms with van der Waals surface area (Å²) in [6.07, 6.45) is 0. The number of hydrogen-bond acceptors (Lipinski definition) is 5. The van der Waals surface area contributed by atoms with Gasteiger partial charge in [0, 0.05) is 39.3 Å². The molecule has 2 atom stereocenters. The number of nitrogens with zero attached hydrogens (tertiary/aromatic N) is 2. The van der Waals surface area contributed by atoms with Gasteiger partial charge in [-0.2, -0.15) is 0 Å². The van der Waals surface area contributed by atoms with Gasteiger partial charge in [0.15, 0.2) is 0 Å². The number of ether oxygens (including phenoxy) is 2. The molecule has 0 radical (unpaired) electrons. The van der Waals surface area contributed by atoms with E-state index in [1.165, 1.54) is 7.11 Å².